The summed E-state index contributed by atoms with van der Waals surface area (Å²) in [6.45, 7) is 8.24. The lowest BCUT2D eigenvalue weighted by Crippen LogP contribution is -2.49. The third kappa shape index (κ3) is 9.83. The maximum absolute atomic E-state index is 14.1. The lowest BCUT2D eigenvalue weighted by molar-refractivity contribution is -0.134. The second-order valence-electron chi connectivity index (χ2n) is 15.7. The van der Waals surface area contributed by atoms with Crippen LogP contribution in [0.1, 0.15) is 81.6 Å². The molecular weight excluding hydrogens is 656 g/mol. The molecule has 52 heavy (non-hydrogen) atoms. The SMILES string of the molecule is CN(CCC[C@H]1C(=O)N(C)CCCCC2(CCN(C(=O)OC(C)(C)C)CC2)COc2ccccc2C(=O)N1C)C(=O)Cc1ccc2ccccc2c1. The minimum atomic E-state index is -0.694. The zero-order valence-corrected chi connectivity index (χ0v) is 31.9. The Morgan fingerprint density at radius 3 is 2.33 bits per heavy atom. The van der Waals surface area contributed by atoms with Gasteiger partial charge in [0.25, 0.3) is 5.91 Å². The average Bonchev–Trinajstić information content (AvgIpc) is 3.12. The molecule has 1 fully saturated rings. The molecule has 280 valence electrons. The molecule has 2 aliphatic rings. The summed E-state index contributed by atoms with van der Waals surface area (Å²) in [5.74, 6) is 0.100. The van der Waals surface area contributed by atoms with E-state index in [1.54, 1.807) is 39.8 Å². The van der Waals surface area contributed by atoms with Crippen LogP contribution in [0.25, 0.3) is 10.8 Å². The third-order valence-corrected chi connectivity index (χ3v) is 10.6. The second kappa shape index (κ2) is 16.8. The number of carbonyl (C=O) groups is 4. The van der Waals surface area contributed by atoms with Gasteiger partial charge in [-0.05, 0) is 87.8 Å². The van der Waals surface area contributed by atoms with Crippen molar-refractivity contribution < 1.29 is 28.7 Å². The number of rotatable bonds is 6. The number of piperidine rings is 1. The van der Waals surface area contributed by atoms with Gasteiger partial charge >= 0.3 is 6.09 Å². The molecule has 1 atom stereocenters. The summed E-state index contributed by atoms with van der Waals surface area (Å²) >= 11 is 0. The molecule has 0 N–H and O–H groups in total. The third-order valence-electron chi connectivity index (χ3n) is 10.6. The first-order chi connectivity index (χ1) is 24.7. The summed E-state index contributed by atoms with van der Waals surface area (Å²) in [5, 5.41) is 2.24. The number of hydrogen-bond donors (Lipinski definition) is 0. The molecule has 0 unspecified atom stereocenters. The minimum Gasteiger partial charge on any atom is -0.492 e. The van der Waals surface area contributed by atoms with Crippen LogP contribution in [-0.2, 0) is 20.7 Å². The van der Waals surface area contributed by atoms with Crippen molar-refractivity contribution in [3.8, 4) is 5.75 Å². The van der Waals surface area contributed by atoms with Crippen molar-refractivity contribution in [3.63, 3.8) is 0 Å². The van der Waals surface area contributed by atoms with Crippen molar-refractivity contribution >= 4 is 34.6 Å². The maximum Gasteiger partial charge on any atom is 0.410 e. The van der Waals surface area contributed by atoms with Crippen molar-refractivity contribution in [2.45, 2.75) is 83.8 Å². The molecule has 1 saturated heterocycles. The molecule has 5 rings (SSSR count). The quantitative estimate of drug-likeness (QED) is 0.279. The topological polar surface area (TPSA) is 99.7 Å². The number of fused-ring (bicyclic) bond motifs is 2. The van der Waals surface area contributed by atoms with E-state index in [1.807, 2.05) is 76.3 Å². The molecule has 0 radical (unpaired) electrons. The Labute approximate surface area is 309 Å². The number of benzene rings is 3. The fourth-order valence-electron chi connectivity index (χ4n) is 7.29. The van der Waals surface area contributed by atoms with Crippen LogP contribution in [0.3, 0.4) is 0 Å². The second-order valence-corrected chi connectivity index (χ2v) is 15.7. The van der Waals surface area contributed by atoms with Crippen LogP contribution in [0.2, 0.25) is 0 Å². The van der Waals surface area contributed by atoms with E-state index >= 15 is 0 Å². The van der Waals surface area contributed by atoms with Gasteiger partial charge in [-0.15, -0.1) is 0 Å². The lowest BCUT2D eigenvalue weighted by Gasteiger charge is -2.42. The molecular formula is C42H56N4O6. The molecule has 10 nitrogen and oxygen atoms in total. The van der Waals surface area contributed by atoms with E-state index in [1.165, 1.54) is 0 Å². The Morgan fingerprint density at radius 1 is 0.904 bits per heavy atom. The summed E-state index contributed by atoms with van der Waals surface area (Å²) in [6.07, 6.45) is 5.10. The van der Waals surface area contributed by atoms with Crippen molar-refractivity contribution in [1.29, 1.82) is 0 Å². The van der Waals surface area contributed by atoms with Gasteiger partial charge in [-0.2, -0.15) is 0 Å². The van der Waals surface area contributed by atoms with Crippen molar-refractivity contribution in [2.75, 3.05) is 53.9 Å². The van der Waals surface area contributed by atoms with E-state index in [9.17, 15) is 19.2 Å². The van der Waals surface area contributed by atoms with E-state index in [0.29, 0.717) is 63.4 Å². The highest BCUT2D eigenvalue weighted by Crippen LogP contribution is 2.38. The summed E-state index contributed by atoms with van der Waals surface area (Å²) in [5.41, 5.74) is 0.640. The van der Waals surface area contributed by atoms with E-state index in [4.69, 9.17) is 9.47 Å². The highest BCUT2D eigenvalue weighted by molar-refractivity contribution is 5.99. The number of ether oxygens (including phenoxy) is 2. The van der Waals surface area contributed by atoms with Crippen LogP contribution in [0, 0.1) is 5.41 Å². The van der Waals surface area contributed by atoms with Crippen LogP contribution >= 0.6 is 0 Å². The van der Waals surface area contributed by atoms with Gasteiger partial charge in [0.1, 0.15) is 17.4 Å². The molecule has 2 aliphatic heterocycles. The van der Waals surface area contributed by atoms with Crippen LogP contribution in [0.4, 0.5) is 4.79 Å². The summed E-state index contributed by atoms with van der Waals surface area (Å²) in [7, 11) is 5.29. The standard InChI is InChI=1S/C42H56N4O6/c1-41(2,3)52-40(50)46-26-22-42(23-27-46)21-11-12-24-44(5)39(49)35(45(6)38(48)34-16-9-10-18-36(34)51-30-42)17-13-25-43(4)37(47)29-31-19-20-32-14-7-8-15-33(32)28-31/h7-10,14-16,18-20,28,35H,11-13,17,21-27,29-30H2,1-6H3/t35-/m0/s1. The average molecular weight is 713 g/mol. The zero-order valence-electron chi connectivity index (χ0n) is 31.9. The number of likely N-dealkylation sites (N-methyl/N-ethyl adjacent to an activating group) is 3. The maximum atomic E-state index is 14.1. The number of likely N-dealkylation sites (tertiary alicyclic amines) is 1. The summed E-state index contributed by atoms with van der Waals surface area (Å²) < 4.78 is 12.1. The smallest absolute Gasteiger partial charge is 0.410 e. The first-order valence-electron chi connectivity index (χ1n) is 18.7. The summed E-state index contributed by atoms with van der Waals surface area (Å²) in [4.78, 5) is 60.9. The van der Waals surface area contributed by atoms with Crippen molar-refractivity contribution in [2.24, 2.45) is 5.41 Å². The van der Waals surface area contributed by atoms with Gasteiger partial charge in [0.2, 0.25) is 11.8 Å². The molecule has 3 aromatic rings. The fourth-order valence-corrected chi connectivity index (χ4v) is 7.29. The molecule has 0 aliphatic carbocycles. The zero-order chi connectivity index (χ0) is 37.5. The number of hydrogen-bond acceptors (Lipinski definition) is 6. The van der Waals surface area contributed by atoms with E-state index in [2.05, 4.69) is 12.1 Å². The Balaban J connectivity index is 1.25. The van der Waals surface area contributed by atoms with Gasteiger partial charge < -0.3 is 29.1 Å². The van der Waals surface area contributed by atoms with Crippen LogP contribution in [0.15, 0.2) is 66.7 Å². The van der Waals surface area contributed by atoms with Crippen LogP contribution in [-0.4, -0.2) is 109 Å². The van der Waals surface area contributed by atoms with Crippen molar-refractivity contribution in [1.82, 2.24) is 19.6 Å². The molecule has 4 amide bonds. The number of para-hydroxylation sites is 1. The lowest BCUT2D eigenvalue weighted by atomic mass is 9.75. The first kappa shape index (κ1) is 38.6. The largest absolute Gasteiger partial charge is 0.492 e. The Morgan fingerprint density at radius 2 is 1.60 bits per heavy atom. The Hall–Kier alpha value is -4.60. The van der Waals surface area contributed by atoms with Gasteiger partial charge in [0, 0.05) is 52.7 Å². The molecule has 0 aromatic heterocycles. The van der Waals surface area contributed by atoms with Crippen LogP contribution < -0.4 is 4.74 Å². The monoisotopic (exact) mass is 712 g/mol. The highest BCUT2D eigenvalue weighted by Gasteiger charge is 2.39. The van der Waals surface area contributed by atoms with E-state index in [0.717, 1.165) is 48.4 Å². The van der Waals surface area contributed by atoms with Gasteiger partial charge in [-0.1, -0.05) is 61.0 Å². The Kier molecular flexibility index (Phi) is 12.5. The van der Waals surface area contributed by atoms with Gasteiger partial charge in [0.05, 0.1) is 18.6 Å². The number of nitrogens with zero attached hydrogens (tertiary/aromatic N) is 4. The minimum absolute atomic E-state index is 0.00789. The molecule has 2 heterocycles. The predicted molar refractivity (Wildman–Crippen MR) is 203 cm³/mol. The van der Waals surface area contributed by atoms with Gasteiger partial charge in [-0.25, -0.2) is 4.79 Å². The normalized spacial score (nSPS) is 18.8. The molecule has 0 bridgehead atoms. The fraction of sp³-hybridized carbons (Fsp3) is 0.524. The highest BCUT2D eigenvalue weighted by atomic mass is 16.6. The molecule has 0 saturated carbocycles. The molecule has 3 aromatic carbocycles. The number of amides is 4. The summed E-state index contributed by atoms with van der Waals surface area (Å²) in [6, 6.07) is 20.7. The van der Waals surface area contributed by atoms with E-state index in [-0.39, 0.29) is 29.2 Å². The Bertz CT molecular complexity index is 1730. The van der Waals surface area contributed by atoms with Gasteiger partial charge in [0.15, 0.2) is 0 Å². The molecule has 10 heteroatoms. The predicted octanol–water partition coefficient (Wildman–Crippen LogP) is 6.80. The van der Waals surface area contributed by atoms with Crippen LogP contribution in [0.5, 0.6) is 5.75 Å². The van der Waals surface area contributed by atoms with E-state index < -0.39 is 11.6 Å². The first-order valence-corrected chi connectivity index (χ1v) is 18.7. The number of carbonyl (C=O) groups excluding carboxylic acids is 4. The molecule has 1 spiro atoms. The van der Waals surface area contributed by atoms with Crippen molar-refractivity contribution in [3.05, 3.63) is 77.9 Å². The van der Waals surface area contributed by atoms with Gasteiger partial charge in [-0.3, -0.25) is 14.4 Å².